The van der Waals surface area contributed by atoms with Crippen molar-refractivity contribution in [3.63, 3.8) is 0 Å². The highest BCUT2D eigenvalue weighted by Crippen LogP contribution is 2.51. The van der Waals surface area contributed by atoms with Gasteiger partial charge >= 0.3 is 0 Å². The topological polar surface area (TPSA) is 26.8 Å². The summed E-state index contributed by atoms with van der Waals surface area (Å²) in [4.78, 5) is 20.3. The van der Waals surface area contributed by atoms with E-state index in [4.69, 9.17) is 0 Å². The molecule has 0 unspecified atom stereocenters. The lowest BCUT2D eigenvalue weighted by molar-refractivity contribution is 0.0761. The molecule has 4 nitrogen and oxygen atoms in total. The molecule has 0 N–H and O–H groups in total. The SMILES string of the molecule is C[C@@H]1C[C@H]2c3ccccc3C(=O)N2C=C1C1N(C)[C@H](c2ccccc2)[C@@H](c2ccccc2)N1C. The molecule has 3 heterocycles. The van der Waals surface area contributed by atoms with E-state index in [0.29, 0.717) is 5.92 Å². The second kappa shape index (κ2) is 8.23. The standard InChI is InChI=1S/C30H31N3O/c1-20-18-26-23-16-10-11-17-24(23)30(34)33(26)19-25(20)29-31(2)27(21-12-6-4-7-13-21)28(32(29)3)22-14-8-5-9-15-22/h4-17,19-20,26-29H,18H2,1-3H3/t20-,26+,27-,28-/m1/s1. The number of hydrogen-bond acceptors (Lipinski definition) is 3. The van der Waals surface area contributed by atoms with Crippen LogP contribution < -0.4 is 0 Å². The van der Waals surface area contributed by atoms with Gasteiger partial charge in [-0.3, -0.25) is 14.6 Å². The van der Waals surface area contributed by atoms with Crippen LogP contribution in [0, 0.1) is 5.92 Å². The summed E-state index contributed by atoms with van der Waals surface area (Å²) >= 11 is 0. The zero-order chi connectivity index (χ0) is 23.4. The van der Waals surface area contributed by atoms with Crippen molar-refractivity contribution >= 4 is 5.91 Å². The van der Waals surface area contributed by atoms with Crippen molar-refractivity contribution < 1.29 is 4.79 Å². The molecule has 4 atom stereocenters. The fourth-order valence-corrected chi connectivity index (χ4v) is 6.52. The minimum Gasteiger partial charge on any atom is -0.307 e. The highest BCUT2D eigenvalue weighted by molar-refractivity contribution is 6.00. The van der Waals surface area contributed by atoms with Gasteiger partial charge in [0.1, 0.15) is 0 Å². The maximum absolute atomic E-state index is 13.3. The van der Waals surface area contributed by atoms with Gasteiger partial charge in [-0.05, 0) is 54.8 Å². The summed E-state index contributed by atoms with van der Waals surface area (Å²) in [6.45, 7) is 2.32. The molecule has 0 spiro atoms. The number of nitrogens with zero attached hydrogens (tertiary/aromatic N) is 3. The second-order valence-electron chi connectivity index (χ2n) is 10.00. The molecule has 34 heavy (non-hydrogen) atoms. The minimum absolute atomic E-state index is 0.114. The molecule has 0 saturated carbocycles. The summed E-state index contributed by atoms with van der Waals surface area (Å²) in [7, 11) is 4.48. The highest BCUT2D eigenvalue weighted by Gasteiger charge is 2.49. The lowest BCUT2D eigenvalue weighted by Gasteiger charge is -2.39. The first-order chi connectivity index (χ1) is 16.6. The summed E-state index contributed by atoms with van der Waals surface area (Å²) in [5.41, 5.74) is 5.99. The maximum atomic E-state index is 13.3. The van der Waals surface area contributed by atoms with Crippen LogP contribution in [0.4, 0.5) is 0 Å². The van der Waals surface area contributed by atoms with Crippen LogP contribution in [0.1, 0.15) is 58.5 Å². The van der Waals surface area contributed by atoms with Crippen molar-refractivity contribution in [1.82, 2.24) is 14.7 Å². The Balaban J connectivity index is 1.43. The van der Waals surface area contributed by atoms with Crippen molar-refractivity contribution in [2.75, 3.05) is 14.1 Å². The van der Waals surface area contributed by atoms with Gasteiger partial charge in [0.15, 0.2) is 0 Å². The molecular weight excluding hydrogens is 418 g/mol. The highest BCUT2D eigenvalue weighted by atomic mass is 16.2. The molecule has 0 aromatic heterocycles. The van der Waals surface area contributed by atoms with Gasteiger partial charge in [-0.15, -0.1) is 0 Å². The summed E-state index contributed by atoms with van der Waals surface area (Å²) in [5.74, 6) is 0.508. The molecular formula is C30H31N3O. The summed E-state index contributed by atoms with van der Waals surface area (Å²) in [6.07, 6.45) is 3.25. The molecule has 3 aliphatic rings. The summed E-state index contributed by atoms with van der Waals surface area (Å²) in [6, 6.07) is 30.3. The van der Waals surface area contributed by atoms with E-state index < -0.39 is 0 Å². The van der Waals surface area contributed by atoms with Crippen LogP contribution in [0.3, 0.4) is 0 Å². The Morgan fingerprint density at radius 2 is 1.26 bits per heavy atom. The van der Waals surface area contributed by atoms with Crippen molar-refractivity contribution in [2.24, 2.45) is 5.92 Å². The van der Waals surface area contributed by atoms with E-state index in [1.807, 2.05) is 23.1 Å². The van der Waals surface area contributed by atoms with Crippen LogP contribution in [-0.4, -0.2) is 40.9 Å². The molecule has 1 amide bonds. The number of carbonyl (C=O) groups is 1. The number of hydrogen-bond donors (Lipinski definition) is 0. The van der Waals surface area contributed by atoms with Crippen LogP contribution in [0.15, 0.2) is 96.7 Å². The van der Waals surface area contributed by atoms with E-state index in [2.05, 4.69) is 104 Å². The number of carbonyl (C=O) groups excluding carboxylic acids is 1. The van der Waals surface area contributed by atoms with Crippen LogP contribution >= 0.6 is 0 Å². The van der Waals surface area contributed by atoms with E-state index >= 15 is 0 Å². The zero-order valence-corrected chi connectivity index (χ0v) is 20.0. The van der Waals surface area contributed by atoms with Crippen molar-refractivity contribution in [3.05, 3.63) is 119 Å². The van der Waals surface area contributed by atoms with Gasteiger partial charge in [-0.2, -0.15) is 0 Å². The Labute approximate surface area is 202 Å². The summed E-state index contributed by atoms with van der Waals surface area (Å²) < 4.78 is 0. The molecule has 4 heteroatoms. The fourth-order valence-electron chi connectivity index (χ4n) is 6.52. The molecule has 3 aromatic carbocycles. The van der Waals surface area contributed by atoms with Gasteiger partial charge in [0.05, 0.1) is 24.3 Å². The quantitative estimate of drug-likeness (QED) is 0.506. The van der Waals surface area contributed by atoms with Gasteiger partial charge in [0, 0.05) is 11.8 Å². The lowest BCUT2D eigenvalue weighted by Crippen LogP contribution is -2.42. The molecule has 3 aromatic rings. The minimum atomic E-state index is 0.114. The predicted octanol–water partition coefficient (Wildman–Crippen LogP) is 5.79. The molecule has 0 aliphatic carbocycles. The van der Waals surface area contributed by atoms with Crippen LogP contribution in [0.2, 0.25) is 0 Å². The predicted molar refractivity (Wildman–Crippen MR) is 135 cm³/mol. The van der Waals surface area contributed by atoms with Crippen molar-refractivity contribution in [2.45, 2.75) is 37.6 Å². The lowest BCUT2D eigenvalue weighted by atomic mass is 9.86. The molecule has 1 fully saturated rings. The van der Waals surface area contributed by atoms with E-state index in [1.165, 1.54) is 22.3 Å². The third kappa shape index (κ3) is 3.17. The fraction of sp³-hybridized carbons (Fsp3) is 0.300. The first-order valence-electron chi connectivity index (χ1n) is 12.2. The molecule has 3 aliphatic heterocycles. The number of rotatable bonds is 3. The Morgan fingerprint density at radius 1 is 0.735 bits per heavy atom. The van der Waals surface area contributed by atoms with Crippen LogP contribution in [0.25, 0.3) is 0 Å². The number of amides is 1. The molecule has 172 valence electrons. The maximum Gasteiger partial charge on any atom is 0.258 e. The van der Waals surface area contributed by atoms with E-state index in [-0.39, 0.29) is 30.2 Å². The first-order valence-corrected chi connectivity index (χ1v) is 12.2. The first kappa shape index (κ1) is 21.3. The Kier molecular flexibility index (Phi) is 5.16. The number of fused-ring (bicyclic) bond motifs is 3. The van der Waals surface area contributed by atoms with Gasteiger partial charge < -0.3 is 4.90 Å². The smallest absolute Gasteiger partial charge is 0.258 e. The monoisotopic (exact) mass is 449 g/mol. The third-order valence-electron chi connectivity index (χ3n) is 8.08. The second-order valence-corrected chi connectivity index (χ2v) is 10.00. The largest absolute Gasteiger partial charge is 0.307 e. The van der Waals surface area contributed by atoms with Crippen molar-refractivity contribution in [1.29, 1.82) is 0 Å². The van der Waals surface area contributed by atoms with E-state index in [9.17, 15) is 4.79 Å². The average Bonchev–Trinajstić information content (AvgIpc) is 3.29. The average molecular weight is 450 g/mol. The molecule has 1 saturated heterocycles. The Bertz CT molecular complexity index is 1190. The Hall–Kier alpha value is -3.21. The number of likely N-dealkylation sites (N-methyl/N-ethyl adjacent to an activating group) is 2. The van der Waals surface area contributed by atoms with Crippen molar-refractivity contribution in [3.8, 4) is 0 Å². The molecule has 6 rings (SSSR count). The zero-order valence-electron chi connectivity index (χ0n) is 20.0. The summed E-state index contributed by atoms with van der Waals surface area (Å²) in [5, 5.41) is 0. The van der Waals surface area contributed by atoms with Gasteiger partial charge in [-0.1, -0.05) is 85.8 Å². The third-order valence-corrected chi connectivity index (χ3v) is 8.08. The van der Waals surface area contributed by atoms with Gasteiger partial charge in [0.2, 0.25) is 0 Å². The van der Waals surface area contributed by atoms with E-state index in [0.717, 1.165) is 12.0 Å². The molecule has 0 bridgehead atoms. The molecule has 0 radical (unpaired) electrons. The van der Waals surface area contributed by atoms with Crippen LogP contribution in [0.5, 0.6) is 0 Å². The normalized spacial score (nSPS) is 27.6. The van der Waals surface area contributed by atoms with Crippen LogP contribution in [-0.2, 0) is 0 Å². The van der Waals surface area contributed by atoms with Gasteiger partial charge in [0.25, 0.3) is 5.91 Å². The van der Waals surface area contributed by atoms with Gasteiger partial charge in [-0.25, -0.2) is 0 Å². The van der Waals surface area contributed by atoms with E-state index in [1.54, 1.807) is 0 Å². The Morgan fingerprint density at radius 3 is 1.85 bits per heavy atom. The number of benzene rings is 3.